The molecule has 2 rings (SSSR count). The number of hydrogen-bond acceptors (Lipinski definition) is 4. The predicted molar refractivity (Wildman–Crippen MR) is 53.3 cm³/mol. The molecule has 0 amide bonds. The smallest absolute Gasteiger partial charge is 0.189 e. The molecule has 1 aromatic rings. The van der Waals surface area contributed by atoms with Crippen molar-refractivity contribution in [1.82, 2.24) is 0 Å². The molecule has 0 radical (unpaired) electrons. The summed E-state index contributed by atoms with van der Waals surface area (Å²) in [6.45, 7) is 2.11. The first-order valence-corrected chi connectivity index (χ1v) is 4.65. The van der Waals surface area contributed by atoms with E-state index >= 15 is 0 Å². The highest BCUT2D eigenvalue weighted by Crippen LogP contribution is 2.35. The molecule has 0 spiro atoms. The fraction of sp³-hybridized carbons (Fsp3) is 0.364. The highest BCUT2D eigenvalue weighted by molar-refractivity contribution is 5.97. The van der Waals surface area contributed by atoms with E-state index in [-0.39, 0.29) is 12.6 Å². The highest BCUT2D eigenvalue weighted by Gasteiger charge is 2.21. The summed E-state index contributed by atoms with van der Waals surface area (Å²) < 4.78 is 15.7. The van der Waals surface area contributed by atoms with Crippen molar-refractivity contribution in [2.75, 3.05) is 13.9 Å². The van der Waals surface area contributed by atoms with Gasteiger partial charge in [0, 0.05) is 0 Å². The lowest BCUT2D eigenvalue weighted by Gasteiger charge is -2.21. The third-order valence-corrected chi connectivity index (χ3v) is 2.35. The van der Waals surface area contributed by atoms with Crippen LogP contribution < -0.4 is 9.47 Å². The largest absolute Gasteiger partial charge is 0.496 e. The molecule has 0 N–H and O–H groups in total. The van der Waals surface area contributed by atoms with Crippen LogP contribution in [0.15, 0.2) is 12.1 Å². The molecule has 4 heteroatoms. The van der Waals surface area contributed by atoms with Crippen molar-refractivity contribution in [3.05, 3.63) is 23.3 Å². The van der Waals surface area contributed by atoms with Gasteiger partial charge in [-0.05, 0) is 19.1 Å². The van der Waals surface area contributed by atoms with Gasteiger partial charge in [-0.15, -0.1) is 0 Å². The molecule has 80 valence electrons. The van der Waals surface area contributed by atoms with E-state index in [1.54, 1.807) is 19.2 Å². The van der Waals surface area contributed by atoms with Crippen LogP contribution in [0.1, 0.15) is 22.8 Å². The summed E-state index contributed by atoms with van der Waals surface area (Å²) in [5.41, 5.74) is 1.38. The van der Waals surface area contributed by atoms with Gasteiger partial charge >= 0.3 is 0 Å². The van der Waals surface area contributed by atoms with Gasteiger partial charge in [0.2, 0.25) is 0 Å². The Hall–Kier alpha value is -1.55. The maximum atomic E-state index is 11.4. The minimum Gasteiger partial charge on any atom is -0.496 e. The van der Waals surface area contributed by atoms with E-state index < -0.39 is 0 Å². The van der Waals surface area contributed by atoms with Gasteiger partial charge in [-0.3, -0.25) is 4.79 Å². The second-order valence-electron chi connectivity index (χ2n) is 3.29. The Bertz CT molecular complexity index is 398. The number of carbonyl (C=O) groups excluding carboxylic acids is 1. The van der Waals surface area contributed by atoms with Gasteiger partial charge in [0.25, 0.3) is 0 Å². The quantitative estimate of drug-likeness (QED) is 0.695. The molecule has 0 atom stereocenters. The molecule has 1 aliphatic rings. The number of rotatable bonds is 2. The second kappa shape index (κ2) is 3.90. The predicted octanol–water partition coefficient (Wildman–Crippen LogP) is 1.76. The Kier molecular flexibility index (Phi) is 2.60. The fourth-order valence-electron chi connectivity index (χ4n) is 1.62. The summed E-state index contributed by atoms with van der Waals surface area (Å²) in [5.74, 6) is 1.26. The van der Waals surface area contributed by atoms with E-state index in [0.717, 1.165) is 5.56 Å². The maximum absolute atomic E-state index is 11.4. The normalized spacial score (nSPS) is 14.0. The monoisotopic (exact) mass is 208 g/mol. The number of hydrogen-bond donors (Lipinski definition) is 0. The number of ketones is 1. The van der Waals surface area contributed by atoms with Crippen molar-refractivity contribution in [3.8, 4) is 11.5 Å². The lowest BCUT2D eigenvalue weighted by molar-refractivity contribution is -0.0179. The summed E-state index contributed by atoms with van der Waals surface area (Å²) in [7, 11) is 1.58. The Morgan fingerprint density at radius 2 is 2.27 bits per heavy atom. The standard InChI is InChI=1S/C11H12O4/c1-7(12)8-3-4-10(13-2)9-5-14-6-15-11(8)9/h3-4H,5-6H2,1-2H3. The molecule has 0 aromatic heterocycles. The van der Waals surface area contributed by atoms with Gasteiger partial charge in [-0.2, -0.15) is 0 Å². The summed E-state index contributed by atoms with van der Waals surface area (Å²) in [4.78, 5) is 11.4. The zero-order chi connectivity index (χ0) is 10.8. The second-order valence-corrected chi connectivity index (χ2v) is 3.29. The number of carbonyl (C=O) groups is 1. The molecular formula is C11H12O4. The fourth-order valence-corrected chi connectivity index (χ4v) is 1.62. The van der Waals surface area contributed by atoms with Gasteiger partial charge < -0.3 is 14.2 Å². The summed E-state index contributed by atoms with van der Waals surface area (Å²) in [6, 6.07) is 3.47. The highest BCUT2D eigenvalue weighted by atomic mass is 16.7. The molecule has 4 nitrogen and oxygen atoms in total. The number of benzene rings is 1. The summed E-state index contributed by atoms with van der Waals surface area (Å²) in [6.07, 6.45) is 0. The average Bonchev–Trinajstić information content (AvgIpc) is 2.27. The van der Waals surface area contributed by atoms with Crippen LogP contribution in [0.25, 0.3) is 0 Å². The molecule has 0 aliphatic carbocycles. The SMILES string of the molecule is COc1ccc(C(C)=O)c2c1COCO2. The van der Waals surface area contributed by atoms with Gasteiger partial charge in [0.15, 0.2) is 12.6 Å². The van der Waals surface area contributed by atoms with E-state index in [1.807, 2.05) is 0 Å². The zero-order valence-corrected chi connectivity index (χ0v) is 8.70. The minimum atomic E-state index is -0.0178. The summed E-state index contributed by atoms with van der Waals surface area (Å²) in [5, 5.41) is 0. The minimum absolute atomic E-state index is 0.0178. The van der Waals surface area contributed by atoms with E-state index in [2.05, 4.69) is 0 Å². The van der Waals surface area contributed by atoms with E-state index in [4.69, 9.17) is 14.2 Å². The lowest BCUT2D eigenvalue weighted by Crippen LogP contribution is -2.15. The molecule has 0 fully saturated rings. The van der Waals surface area contributed by atoms with Crippen LogP contribution in [0.5, 0.6) is 11.5 Å². The van der Waals surface area contributed by atoms with Gasteiger partial charge in [0.05, 0.1) is 24.8 Å². The van der Waals surface area contributed by atoms with Crippen molar-refractivity contribution in [2.45, 2.75) is 13.5 Å². The Balaban J connectivity index is 2.57. The van der Waals surface area contributed by atoms with Crippen molar-refractivity contribution in [2.24, 2.45) is 0 Å². The van der Waals surface area contributed by atoms with Crippen molar-refractivity contribution < 1.29 is 19.0 Å². The van der Waals surface area contributed by atoms with Crippen molar-refractivity contribution >= 4 is 5.78 Å². The Labute approximate surface area is 87.8 Å². The lowest BCUT2D eigenvalue weighted by atomic mass is 10.0. The van der Waals surface area contributed by atoms with Gasteiger partial charge in [0.1, 0.15) is 11.5 Å². The maximum Gasteiger partial charge on any atom is 0.189 e. The third-order valence-electron chi connectivity index (χ3n) is 2.35. The van der Waals surface area contributed by atoms with Gasteiger partial charge in [-0.1, -0.05) is 0 Å². The van der Waals surface area contributed by atoms with Crippen molar-refractivity contribution in [3.63, 3.8) is 0 Å². The Morgan fingerprint density at radius 1 is 1.47 bits per heavy atom. The van der Waals surface area contributed by atoms with Crippen LogP contribution in [0.2, 0.25) is 0 Å². The molecule has 0 bridgehead atoms. The average molecular weight is 208 g/mol. The van der Waals surface area contributed by atoms with Crippen LogP contribution >= 0.6 is 0 Å². The first kappa shape index (κ1) is 9.98. The number of ether oxygens (including phenoxy) is 3. The zero-order valence-electron chi connectivity index (χ0n) is 8.70. The molecular weight excluding hydrogens is 196 g/mol. The molecule has 15 heavy (non-hydrogen) atoms. The molecule has 1 aliphatic heterocycles. The first-order chi connectivity index (χ1) is 7.24. The third kappa shape index (κ3) is 1.68. The van der Waals surface area contributed by atoms with Crippen LogP contribution in [-0.2, 0) is 11.3 Å². The van der Waals surface area contributed by atoms with Gasteiger partial charge in [-0.25, -0.2) is 0 Å². The first-order valence-electron chi connectivity index (χ1n) is 4.65. The van der Waals surface area contributed by atoms with E-state index in [0.29, 0.717) is 23.7 Å². The molecule has 1 aromatic carbocycles. The number of fused-ring (bicyclic) bond motifs is 1. The number of Topliss-reactive ketones (excluding diaryl/α,β-unsaturated/α-hetero) is 1. The van der Waals surface area contributed by atoms with Crippen molar-refractivity contribution in [1.29, 1.82) is 0 Å². The summed E-state index contributed by atoms with van der Waals surface area (Å²) >= 11 is 0. The molecule has 0 saturated carbocycles. The Morgan fingerprint density at radius 3 is 2.93 bits per heavy atom. The molecule has 0 unspecified atom stereocenters. The van der Waals surface area contributed by atoms with E-state index in [1.165, 1.54) is 6.92 Å². The van der Waals surface area contributed by atoms with Crippen LogP contribution in [-0.4, -0.2) is 19.7 Å². The molecule has 1 heterocycles. The van der Waals surface area contributed by atoms with Crippen LogP contribution in [0.4, 0.5) is 0 Å². The number of methoxy groups -OCH3 is 1. The van der Waals surface area contributed by atoms with Crippen LogP contribution in [0, 0.1) is 0 Å². The van der Waals surface area contributed by atoms with Crippen LogP contribution in [0.3, 0.4) is 0 Å². The molecule has 0 saturated heterocycles. The topological polar surface area (TPSA) is 44.8 Å². The van der Waals surface area contributed by atoms with E-state index in [9.17, 15) is 4.79 Å².